The SMILES string of the molecule is O=C(Nc1cccc(CSc2ccccn2)c1)[C@H]1CC(=O)N(C2CC2)C1. The summed E-state index contributed by atoms with van der Waals surface area (Å²) in [6, 6.07) is 14.1. The van der Waals surface area contributed by atoms with Gasteiger partial charge in [0.25, 0.3) is 0 Å². The van der Waals surface area contributed by atoms with E-state index in [1.807, 2.05) is 47.4 Å². The van der Waals surface area contributed by atoms with Crippen molar-refractivity contribution in [2.24, 2.45) is 5.92 Å². The molecule has 1 aromatic heterocycles. The molecule has 0 spiro atoms. The van der Waals surface area contributed by atoms with Crippen molar-refractivity contribution in [3.05, 3.63) is 54.2 Å². The molecule has 0 bridgehead atoms. The van der Waals surface area contributed by atoms with E-state index in [-0.39, 0.29) is 17.7 Å². The molecule has 1 aliphatic carbocycles. The number of carbonyl (C=O) groups excluding carboxylic acids is 2. The predicted molar refractivity (Wildman–Crippen MR) is 102 cm³/mol. The summed E-state index contributed by atoms with van der Waals surface area (Å²) in [6.45, 7) is 0.560. The fraction of sp³-hybridized carbons (Fsp3) is 0.350. The van der Waals surface area contributed by atoms with Crippen molar-refractivity contribution in [1.29, 1.82) is 0 Å². The van der Waals surface area contributed by atoms with Gasteiger partial charge in [0.15, 0.2) is 0 Å². The summed E-state index contributed by atoms with van der Waals surface area (Å²) in [5, 5.41) is 3.96. The van der Waals surface area contributed by atoms with Crippen LogP contribution in [-0.2, 0) is 15.3 Å². The molecule has 1 N–H and O–H groups in total. The monoisotopic (exact) mass is 367 g/mol. The highest BCUT2D eigenvalue weighted by Crippen LogP contribution is 2.33. The summed E-state index contributed by atoms with van der Waals surface area (Å²) < 4.78 is 0. The van der Waals surface area contributed by atoms with Crippen molar-refractivity contribution in [2.75, 3.05) is 11.9 Å². The fourth-order valence-electron chi connectivity index (χ4n) is 3.22. The molecule has 0 radical (unpaired) electrons. The molecule has 2 aliphatic rings. The number of nitrogens with one attached hydrogen (secondary N) is 1. The van der Waals surface area contributed by atoms with Gasteiger partial charge in [-0.15, -0.1) is 11.8 Å². The second-order valence-electron chi connectivity index (χ2n) is 6.82. The van der Waals surface area contributed by atoms with Gasteiger partial charge in [-0.3, -0.25) is 9.59 Å². The summed E-state index contributed by atoms with van der Waals surface area (Å²) in [5.74, 6) is 0.608. The standard InChI is InChI=1S/C20H21N3O2S/c24-19-11-15(12-23(19)17-7-8-17)20(25)22-16-5-3-4-14(10-16)13-26-18-6-1-2-9-21-18/h1-6,9-10,15,17H,7-8,11-13H2,(H,22,25)/t15-/m0/s1. The van der Waals surface area contributed by atoms with E-state index in [4.69, 9.17) is 0 Å². The summed E-state index contributed by atoms with van der Waals surface area (Å²) in [5.41, 5.74) is 1.91. The molecule has 1 aromatic carbocycles. The topological polar surface area (TPSA) is 62.3 Å². The zero-order valence-corrected chi connectivity index (χ0v) is 15.2. The lowest BCUT2D eigenvalue weighted by molar-refractivity contribution is -0.128. The Morgan fingerprint density at radius 3 is 2.88 bits per heavy atom. The molecule has 1 saturated heterocycles. The van der Waals surface area contributed by atoms with E-state index < -0.39 is 0 Å². The maximum Gasteiger partial charge on any atom is 0.229 e. The van der Waals surface area contributed by atoms with Crippen LogP contribution in [0.2, 0.25) is 0 Å². The number of pyridine rings is 1. The average molecular weight is 367 g/mol. The lowest BCUT2D eigenvalue weighted by Gasteiger charge is -2.15. The molecule has 2 amide bonds. The van der Waals surface area contributed by atoms with Crippen LogP contribution in [-0.4, -0.2) is 34.3 Å². The maximum atomic E-state index is 12.5. The van der Waals surface area contributed by atoms with Gasteiger partial charge in [0.2, 0.25) is 11.8 Å². The Morgan fingerprint density at radius 2 is 2.12 bits per heavy atom. The molecular weight excluding hydrogens is 346 g/mol. The van der Waals surface area contributed by atoms with E-state index in [2.05, 4.69) is 10.3 Å². The lowest BCUT2D eigenvalue weighted by Crippen LogP contribution is -2.29. The maximum absolute atomic E-state index is 12.5. The summed E-state index contributed by atoms with van der Waals surface area (Å²) in [4.78, 5) is 30.8. The van der Waals surface area contributed by atoms with Gasteiger partial charge in [0.1, 0.15) is 0 Å². The van der Waals surface area contributed by atoms with Crippen molar-refractivity contribution in [2.45, 2.75) is 36.1 Å². The van der Waals surface area contributed by atoms with Crippen LogP contribution in [0.1, 0.15) is 24.8 Å². The van der Waals surface area contributed by atoms with Crippen LogP contribution >= 0.6 is 11.8 Å². The zero-order valence-electron chi connectivity index (χ0n) is 14.4. The molecule has 1 aliphatic heterocycles. The number of hydrogen-bond donors (Lipinski definition) is 1. The molecule has 4 rings (SSSR count). The minimum absolute atomic E-state index is 0.0592. The molecule has 6 heteroatoms. The second kappa shape index (κ2) is 7.50. The Kier molecular flexibility index (Phi) is 4.93. The number of likely N-dealkylation sites (tertiary alicyclic amines) is 1. The van der Waals surface area contributed by atoms with Gasteiger partial charge < -0.3 is 10.2 Å². The van der Waals surface area contributed by atoms with Crippen LogP contribution in [0.3, 0.4) is 0 Å². The largest absolute Gasteiger partial charge is 0.339 e. The van der Waals surface area contributed by atoms with Crippen molar-refractivity contribution in [3.8, 4) is 0 Å². The highest BCUT2D eigenvalue weighted by molar-refractivity contribution is 7.98. The Labute approximate surface area is 157 Å². The zero-order chi connectivity index (χ0) is 17.9. The number of benzene rings is 1. The Hall–Kier alpha value is -2.34. The van der Waals surface area contributed by atoms with Crippen molar-refractivity contribution in [3.63, 3.8) is 0 Å². The number of nitrogens with zero attached hydrogens (tertiary/aromatic N) is 2. The molecule has 1 saturated carbocycles. The quantitative estimate of drug-likeness (QED) is 0.796. The molecular formula is C20H21N3O2S. The number of hydrogen-bond acceptors (Lipinski definition) is 4. The fourth-order valence-corrected chi connectivity index (χ4v) is 4.02. The van der Waals surface area contributed by atoms with Crippen LogP contribution in [0.15, 0.2) is 53.7 Å². The first-order valence-corrected chi connectivity index (χ1v) is 9.91. The van der Waals surface area contributed by atoms with Crippen molar-refractivity contribution < 1.29 is 9.59 Å². The molecule has 134 valence electrons. The third-order valence-corrected chi connectivity index (χ3v) is 5.75. The van der Waals surface area contributed by atoms with E-state index in [9.17, 15) is 9.59 Å². The number of amides is 2. The van der Waals surface area contributed by atoms with E-state index >= 15 is 0 Å². The summed E-state index contributed by atoms with van der Waals surface area (Å²) in [6.07, 6.45) is 4.27. The van der Waals surface area contributed by atoms with E-state index in [0.717, 1.165) is 34.9 Å². The van der Waals surface area contributed by atoms with Crippen LogP contribution in [0.25, 0.3) is 0 Å². The normalized spacial score (nSPS) is 19.6. The number of carbonyl (C=O) groups is 2. The first-order valence-electron chi connectivity index (χ1n) is 8.92. The first kappa shape index (κ1) is 17.1. The predicted octanol–water partition coefficient (Wildman–Crippen LogP) is 3.32. The highest BCUT2D eigenvalue weighted by Gasteiger charge is 2.41. The van der Waals surface area contributed by atoms with Gasteiger partial charge >= 0.3 is 0 Å². The summed E-state index contributed by atoms with van der Waals surface area (Å²) >= 11 is 1.66. The molecule has 5 nitrogen and oxygen atoms in total. The first-order chi connectivity index (χ1) is 12.7. The Bertz CT molecular complexity index is 808. The van der Waals surface area contributed by atoms with Crippen LogP contribution in [0.4, 0.5) is 5.69 Å². The van der Waals surface area contributed by atoms with Gasteiger partial charge in [-0.25, -0.2) is 4.98 Å². The van der Waals surface area contributed by atoms with Crippen molar-refractivity contribution >= 4 is 29.3 Å². The van der Waals surface area contributed by atoms with Gasteiger partial charge in [-0.1, -0.05) is 18.2 Å². The number of rotatable bonds is 6. The Morgan fingerprint density at radius 1 is 1.23 bits per heavy atom. The number of anilines is 1. The smallest absolute Gasteiger partial charge is 0.229 e. The van der Waals surface area contributed by atoms with E-state index in [1.165, 1.54) is 0 Å². The molecule has 26 heavy (non-hydrogen) atoms. The Balaban J connectivity index is 1.34. The minimum Gasteiger partial charge on any atom is -0.339 e. The molecule has 0 unspecified atom stereocenters. The van der Waals surface area contributed by atoms with Gasteiger partial charge in [0, 0.05) is 36.6 Å². The highest BCUT2D eigenvalue weighted by atomic mass is 32.2. The number of aromatic nitrogens is 1. The van der Waals surface area contributed by atoms with E-state index in [0.29, 0.717) is 19.0 Å². The molecule has 2 aromatic rings. The third kappa shape index (κ3) is 4.07. The molecule has 2 fully saturated rings. The third-order valence-electron chi connectivity index (χ3n) is 4.74. The van der Waals surface area contributed by atoms with Gasteiger partial charge in [-0.2, -0.15) is 0 Å². The molecule has 2 heterocycles. The molecule has 1 atom stereocenters. The lowest BCUT2D eigenvalue weighted by atomic mass is 10.1. The second-order valence-corrected chi connectivity index (χ2v) is 7.82. The van der Waals surface area contributed by atoms with Crippen LogP contribution in [0, 0.1) is 5.92 Å². The minimum atomic E-state index is -0.241. The summed E-state index contributed by atoms with van der Waals surface area (Å²) in [7, 11) is 0. The van der Waals surface area contributed by atoms with Crippen LogP contribution < -0.4 is 5.32 Å². The van der Waals surface area contributed by atoms with Crippen molar-refractivity contribution in [1.82, 2.24) is 9.88 Å². The van der Waals surface area contributed by atoms with Gasteiger partial charge in [0.05, 0.1) is 10.9 Å². The van der Waals surface area contributed by atoms with Crippen LogP contribution in [0.5, 0.6) is 0 Å². The number of thioether (sulfide) groups is 1. The van der Waals surface area contributed by atoms with E-state index in [1.54, 1.807) is 18.0 Å². The average Bonchev–Trinajstić information content (AvgIpc) is 3.43. The van der Waals surface area contributed by atoms with Gasteiger partial charge in [-0.05, 0) is 42.7 Å².